The Kier molecular flexibility index (Phi) is 7.23. The SMILES string of the molecule is C=C(C)C(=O)NCC[N+](C)(CCOC)CC(=O)O. The van der Waals surface area contributed by atoms with Crippen molar-refractivity contribution in [3.05, 3.63) is 12.2 Å². The number of likely N-dealkylation sites (N-methyl/N-ethyl adjacent to an activating group) is 1. The molecule has 6 heteroatoms. The topological polar surface area (TPSA) is 75.6 Å². The number of carboxylic acid groups (broad SMARTS) is 1. The van der Waals surface area contributed by atoms with E-state index < -0.39 is 5.97 Å². The summed E-state index contributed by atoms with van der Waals surface area (Å²) >= 11 is 0. The lowest BCUT2D eigenvalue weighted by Crippen LogP contribution is -2.53. The summed E-state index contributed by atoms with van der Waals surface area (Å²) in [7, 11) is 3.41. The molecular formula is C12H23N2O4+. The summed E-state index contributed by atoms with van der Waals surface area (Å²) in [5.41, 5.74) is 0.444. The van der Waals surface area contributed by atoms with Crippen molar-refractivity contribution < 1.29 is 23.9 Å². The van der Waals surface area contributed by atoms with Gasteiger partial charge in [0.15, 0.2) is 6.54 Å². The average Bonchev–Trinajstić information content (AvgIpc) is 2.25. The Balaban J connectivity index is 4.27. The summed E-state index contributed by atoms with van der Waals surface area (Å²) in [6, 6.07) is 0. The maximum Gasteiger partial charge on any atom is 0.359 e. The molecule has 6 nitrogen and oxygen atoms in total. The fourth-order valence-corrected chi connectivity index (χ4v) is 1.50. The number of carbonyl (C=O) groups is 2. The Bertz CT molecular complexity index is 317. The highest BCUT2D eigenvalue weighted by Crippen LogP contribution is 2.01. The summed E-state index contributed by atoms with van der Waals surface area (Å²) in [5.74, 6) is -1.07. The van der Waals surface area contributed by atoms with Crippen LogP contribution in [0.4, 0.5) is 0 Å². The second kappa shape index (κ2) is 7.84. The fraction of sp³-hybridized carbons (Fsp3) is 0.667. The molecule has 18 heavy (non-hydrogen) atoms. The van der Waals surface area contributed by atoms with Crippen molar-refractivity contribution in [3.8, 4) is 0 Å². The van der Waals surface area contributed by atoms with Gasteiger partial charge < -0.3 is 19.6 Å². The number of hydrogen-bond acceptors (Lipinski definition) is 3. The van der Waals surface area contributed by atoms with Crippen LogP contribution in [0.15, 0.2) is 12.2 Å². The smallest absolute Gasteiger partial charge is 0.359 e. The van der Waals surface area contributed by atoms with Crippen LogP contribution in [-0.2, 0) is 14.3 Å². The Hall–Kier alpha value is -1.40. The molecular weight excluding hydrogens is 236 g/mol. The van der Waals surface area contributed by atoms with E-state index in [4.69, 9.17) is 9.84 Å². The largest absolute Gasteiger partial charge is 0.477 e. The van der Waals surface area contributed by atoms with Crippen LogP contribution in [0.5, 0.6) is 0 Å². The lowest BCUT2D eigenvalue weighted by molar-refractivity contribution is -0.901. The van der Waals surface area contributed by atoms with Crippen LogP contribution in [0.3, 0.4) is 0 Å². The summed E-state index contributed by atoms with van der Waals surface area (Å²) in [6.45, 7) is 7.20. The first kappa shape index (κ1) is 16.6. The Labute approximate surface area is 108 Å². The zero-order valence-corrected chi connectivity index (χ0v) is 11.4. The molecule has 0 aliphatic carbocycles. The Morgan fingerprint density at radius 3 is 2.44 bits per heavy atom. The van der Waals surface area contributed by atoms with Crippen LogP contribution in [-0.4, -0.2) is 68.4 Å². The standard InChI is InChI=1S/C12H22N2O4/c1-10(2)12(17)13-5-6-14(3,7-8-18-4)9-11(15)16/h1,5-9H2,2-4H3,(H-,13,15,16,17)/p+1. The van der Waals surface area contributed by atoms with Gasteiger partial charge in [0, 0.05) is 12.7 Å². The lowest BCUT2D eigenvalue weighted by Gasteiger charge is -2.32. The molecule has 0 aliphatic heterocycles. The third-order valence-electron chi connectivity index (χ3n) is 2.68. The van der Waals surface area contributed by atoms with E-state index >= 15 is 0 Å². The Morgan fingerprint density at radius 1 is 1.39 bits per heavy atom. The quantitative estimate of drug-likeness (QED) is 0.446. The van der Waals surface area contributed by atoms with Crippen LogP contribution >= 0.6 is 0 Å². The number of aliphatic carboxylic acids is 1. The number of nitrogens with one attached hydrogen (secondary N) is 1. The van der Waals surface area contributed by atoms with Crippen molar-refractivity contribution in [2.24, 2.45) is 0 Å². The molecule has 0 aromatic heterocycles. The number of methoxy groups -OCH3 is 1. The Morgan fingerprint density at radius 2 is 2.00 bits per heavy atom. The van der Waals surface area contributed by atoms with Crippen molar-refractivity contribution in [1.82, 2.24) is 5.32 Å². The minimum atomic E-state index is -0.861. The normalized spacial score (nSPS) is 13.7. The molecule has 0 saturated carbocycles. The minimum absolute atomic E-state index is 0.00625. The number of hydrogen-bond donors (Lipinski definition) is 2. The molecule has 0 radical (unpaired) electrons. The van der Waals surface area contributed by atoms with Crippen molar-refractivity contribution in [3.63, 3.8) is 0 Å². The molecule has 1 unspecified atom stereocenters. The van der Waals surface area contributed by atoms with Crippen molar-refractivity contribution in [1.29, 1.82) is 0 Å². The van der Waals surface area contributed by atoms with Gasteiger partial charge in [0.25, 0.3) is 0 Å². The van der Waals surface area contributed by atoms with Gasteiger partial charge in [-0.2, -0.15) is 0 Å². The van der Waals surface area contributed by atoms with E-state index in [9.17, 15) is 9.59 Å². The molecule has 0 saturated heterocycles. The number of quaternary nitrogens is 1. The molecule has 1 atom stereocenters. The summed E-state index contributed by atoms with van der Waals surface area (Å²) in [6.07, 6.45) is 0. The molecule has 0 bridgehead atoms. The number of nitrogens with zero attached hydrogens (tertiary/aromatic N) is 1. The first-order valence-corrected chi connectivity index (χ1v) is 5.79. The van der Waals surface area contributed by atoms with E-state index in [1.807, 2.05) is 7.05 Å². The third-order valence-corrected chi connectivity index (χ3v) is 2.68. The first-order chi connectivity index (χ1) is 8.30. The number of rotatable bonds is 9. The fourth-order valence-electron chi connectivity index (χ4n) is 1.50. The van der Waals surface area contributed by atoms with Crippen LogP contribution in [0.25, 0.3) is 0 Å². The number of ether oxygens (including phenoxy) is 1. The highest BCUT2D eigenvalue weighted by atomic mass is 16.5. The summed E-state index contributed by atoms with van der Waals surface area (Å²) in [4.78, 5) is 22.1. The predicted octanol–water partition coefficient (Wildman–Crippen LogP) is -0.144. The molecule has 0 fully saturated rings. The van der Waals surface area contributed by atoms with Gasteiger partial charge in [0.05, 0.1) is 26.7 Å². The van der Waals surface area contributed by atoms with Crippen LogP contribution < -0.4 is 5.32 Å². The van der Waals surface area contributed by atoms with E-state index in [1.165, 1.54) is 0 Å². The third kappa shape index (κ3) is 7.03. The predicted molar refractivity (Wildman–Crippen MR) is 68.1 cm³/mol. The second-order valence-corrected chi connectivity index (χ2v) is 4.65. The van der Waals surface area contributed by atoms with E-state index in [0.717, 1.165) is 0 Å². The van der Waals surface area contributed by atoms with Gasteiger partial charge in [-0.3, -0.25) is 4.79 Å². The van der Waals surface area contributed by atoms with Gasteiger partial charge in [0.1, 0.15) is 6.54 Å². The van der Waals surface area contributed by atoms with E-state index in [1.54, 1.807) is 14.0 Å². The molecule has 0 aromatic rings. The highest BCUT2D eigenvalue weighted by Gasteiger charge is 2.24. The zero-order chi connectivity index (χ0) is 14.2. The summed E-state index contributed by atoms with van der Waals surface area (Å²) in [5, 5.41) is 11.6. The van der Waals surface area contributed by atoms with Crippen LogP contribution in [0.2, 0.25) is 0 Å². The lowest BCUT2D eigenvalue weighted by atomic mass is 10.3. The molecule has 0 rings (SSSR count). The van der Waals surface area contributed by atoms with Crippen molar-refractivity contribution >= 4 is 11.9 Å². The summed E-state index contributed by atoms with van der Waals surface area (Å²) < 4.78 is 5.29. The molecule has 0 aliphatic rings. The van der Waals surface area contributed by atoms with Crippen LogP contribution in [0, 0.1) is 0 Å². The maximum atomic E-state index is 11.3. The molecule has 1 amide bonds. The maximum absolute atomic E-state index is 11.3. The molecule has 0 aromatic carbocycles. The molecule has 2 N–H and O–H groups in total. The van der Waals surface area contributed by atoms with E-state index in [-0.39, 0.29) is 12.5 Å². The van der Waals surface area contributed by atoms with Gasteiger partial charge in [-0.25, -0.2) is 4.79 Å². The first-order valence-electron chi connectivity index (χ1n) is 5.79. The average molecular weight is 259 g/mol. The van der Waals surface area contributed by atoms with Crippen LogP contribution in [0.1, 0.15) is 6.92 Å². The zero-order valence-electron chi connectivity index (χ0n) is 11.4. The van der Waals surface area contributed by atoms with Crippen molar-refractivity contribution in [2.45, 2.75) is 6.92 Å². The molecule has 0 heterocycles. The minimum Gasteiger partial charge on any atom is -0.477 e. The molecule has 0 spiro atoms. The second-order valence-electron chi connectivity index (χ2n) is 4.65. The monoisotopic (exact) mass is 259 g/mol. The number of carboxylic acids is 1. The van der Waals surface area contributed by atoms with Gasteiger partial charge in [-0.1, -0.05) is 6.58 Å². The van der Waals surface area contributed by atoms with E-state index in [0.29, 0.717) is 36.3 Å². The van der Waals surface area contributed by atoms with Gasteiger partial charge in [-0.05, 0) is 6.92 Å². The molecule has 104 valence electrons. The number of carbonyl (C=O) groups excluding carboxylic acids is 1. The van der Waals surface area contributed by atoms with Gasteiger partial charge in [-0.15, -0.1) is 0 Å². The van der Waals surface area contributed by atoms with Gasteiger partial charge in [0.2, 0.25) is 5.91 Å². The van der Waals surface area contributed by atoms with Crippen molar-refractivity contribution in [2.75, 3.05) is 46.9 Å². The highest BCUT2D eigenvalue weighted by molar-refractivity contribution is 5.92. The number of amides is 1. The van der Waals surface area contributed by atoms with Gasteiger partial charge >= 0.3 is 5.97 Å². The van der Waals surface area contributed by atoms with E-state index in [2.05, 4.69) is 11.9 Å².